The molecule has 1 aromatic rings. The summed E-state index contributed by atoms with van der Waals surface area (Å²) in [5.74, 6) is -0.433. The summed E-state index contributed by atoms with van der Waals surface area (Å²) in [4.78, 5) is 25.0. The number of amides is 2. The molecule has 2 atom stereocenters. The molecular weight excluding hydrogens is 254 g/mol. The Morgan fingerprint density at radius 3 is 2.40 bits per heavy atom. The monoisotopic (exact) mass is 277 g/mol. The van der Waals surface area contributed by atoms with Gasteiger partial charge in [-0.05, 0) is 25.3 Å². The molecule has 20 heavy (non-hydrogen) atoms. The van der Waals surface area contributed by atoms with Gasteiger partial charge in [-0.1, -0.05) is 30.3 Å². The van der Waals surface area contributed by atoms with Crippen molar-refractivity contribution in [1.29, 1.82) is 0 Å². The van der Waals surface area contributed by atoms with Crippen LogP contribution in [0, 0.1) is 0 Å². The number of nitrogens with zero attached hydrogens (tertiary/aromatic N) is 1. The molecule has 0 saturated heterocycles. The fraction of sp³-hybridized carbons (Fsp3) is 0.467. The van der Waals surface area contributed by atoms with Gasteiger partial charge in [0.25, 0.3) is 0 Å². The van der Waals surface area contributed by atoms with Gasteiger partial charge in [-0.25, -0.2) is 0 Å². The second kappa shape index (κ2) is 7.65. The van der Waals surface area contributed by atoms with Crippen LogP contribution in [0.3, 0.4) is 0 Å². The molecule has 2 amide bonds. The topological polar surface area (TPSA) is 75.4 Å². The van der Waals surface area contributed by atoms with Crippen molar-refractivity contribution in [2.45, 2.75) is 31.8 Å². The zero-order chi connectivity index (χ0) is 15.1. The third-order valence-electron chi connectivity index (χ3n) is 3.09. The van der Waals surface area contributed by atoms with Gasteiger partial charge in [0.2, 0.25) is 11.8 Å². The van der Waals surface area contributed by atoms with Gasteiger partial charge in [-0.3, -0.25) is 9.59 Å². The number of nitrogens with one attached hydrogen (secondary N) is 1. The normalized spacial score (nSPS) is 13.4. The summed E-state index contributed by atoms with van der Waals surface area (Å²) in [7, 11) is 3.31. The van der Waals surface area contributed by atoms with Crippen molar-refractivity contribution >= 4 is 11.8 Å². The van der Waals surface area contributed by atoms with Crippen molar-refractivity contribution in [1.82, 2.24) is 10.2 Å². The number of hydrogen-bond donors (Lipinski definition) is 2. The summed E-state index contributed by atoms with van der Waals surface area (Å²) in [6.07, 6.45) is 1.30. The smallest absolute Gasteiger partial charge is 0.244 e. The summed E-state index contributed by atoms with van der Waals surface area (Å²) < 4.78 is 0. The van der Waals surface area contributed by atoms with E-state index in [-0.39, 0.29) is 11.8 Å². The number of benzene rings is 1. The van der Waals surface area contributed by atoms with E-state index in [1.807, 2.05) is 30.3 Å². The highest BCUT2D eigenvalue weighted by Gasteiger charge is 2.20. The summed E-state index contributed by atoms with van der Waals surface area (Å²) in [5, 5.41) is 2.64. The Labute approximate surface area is 120 Å². The summed E-state index contributed by atoms with van der Waals surface area (Å²) >= 11 is 0. The van der Waals surface area contributed by atoms with Crippen molar-refractivity contribution in [3.63, 3.8) is 0 Å². The lowest BCUT2D eigenvalue weighted by atomic mass is 10.1. The fourth-order valence-corrected chi connectivity index (χ4v) is 1.87. The van der Waals surface area contributed by atoms with Gasteiger partial charge in [0.1, 0.15) is 6.04 Å². The number of carbonyl (C=O) groups is 2. The quantitative estimate of drug-likeness (QED) is 0.797. The average Bonchev–Trinajstić information content (AvgIpc) is 2.44. The minimum atomic E-state index is -0.604. The van der Waals surface area contributed by atoms with E-state index in [0.717, 1.165) is 12.0 Å². The van der Waals surface area contributed by atoms with Gasteiger partial charge in [0, 0.05) is 14.1 Å². The summed E-state index contributed by atoms with van der Waals surface area (Å²) in [6, 6.07) is 8.71. The predicted octanol–water partition coefficient (Wildman–Crippen LogP) is 0.539. The van der Waals surface area contributed by atoms with Crippen LogP contribution in [0.15, 0.2) is 30.3 Å². The van der Waals surface area contributed by atoms with Crippen LogP contribution in [0.2, 0.25) is 0 Å². The highest BCUT2D eigenvalue weighted by atomic mass is 16.2. The molecule has 1 unspecified atom stereocenters. The van der Waals surface area contributed by atoms with E-state index in [4.69, 9.17) is 5.73 Å². The van der Waals surface area contributed by atoms with Gasteiger partial charge in [-0.2, -0.15) is 0 Å². The number of likely N-dealkylation sites (N-methyl/N-ethyl adjacent to an activating group) is 1. The van der Waals surface area contributed by atoms with Crippen LogP contribution >= 0.6 is 0 Å². The van der Waals surface area contributed by atoms with Crippen LogP contribution in [0.4, 0.5) is 0 Å². The maximum atomic E-state index is 11.9. The van der Waals surface area contributed by atoms with Gasteiger partial charge in [0.05, 0.1) is 6.04 Å². The third-order valence-corrected chi connectivity index (χ3v) is 3.09. The SMILES string of the molecule is CC(NC(=O)[C@@H](N)CCc1ccccc1)C(=O)N(C)C. The van der Waals surface area contributed by atoms with Crippen LogP contribution in [-0.2, 0) is 16.0 Å². The lowest BCUT2D eigenvalue weighted by Gasteiger charge is -2.20. The van der Waals surface area contributed by atoms with E-state index in [9.17, 15) is 9.59 Å². The van der Waals surface area contributed by atoms with Crippen molar-refractivity contribution in [3.05, 3.63) is 35.9 Å². The van der Waals surface area contributed by atoms with Crippen molar-refractivity contribution in [2.24, 2.45) is 5.73 Å². The number of nitrogens with two attached hydrogens (primary N) is 1. The zero-order valence-corrected chi connectivity index (χ0v) is 12.3. The second-order valence-electron chi connectivity index (χ2n) is 5.09. The maximum Gasteiger partial charge on any atom is 0.244 e. The first kappa shape index (κ1) is 16.2. The molecule has 0 heterocycles. The Balaban J connectivity index is 2.41. The minimum Gasteiger partial charge on any atom is -0.347 e. The highest BCUT2D eigenvalue weighted by molar-refractivity contribution is 5.89. The van der Waals surface area contributed by atoms with Crippen LogP contribution < -0.4 is 11.1 Å². The number of aryl methyl sites for hydroxylation is 1. The molecule has 0 fully saturated rings. The Kier molecular flexibility index (Phi) is 6.18. The number of carbonyl (C=O) groups excluding carboxylic acids is 2. The molecule has 5 nitrogen and oxygen atoms in total. The molecule has 0 aliphatic heterocycles. The molecule has 0 saturated carbocycles. The first-order valence-electron chi connectivity index (χ1n) is 6.73. The minimum absolute atomic E-state index is 0.145. The number of hydrogen-bond acceptors (Lipinski definition) is 3. The van der Waals surface area contributed by atoms with E-state index < -0.39 is 12.1 Å². The molecule has 110 valence electrons. The van der Waals surface area contributed by atoms with Gasteiger partial charge < -0.3 is 16.0 Å². The van der Waals surface area contributed by atoms with Gasteiger partial charge in [-0.15, -0.1) is 0 Å². The first-order chi connectivity index (χ1) is 9.41. The fourth-order valence-electron chi connectivity index (χ4n) is 1.87. The van der Waals surface area contributed by atoms with Crippen LogP contribution in [0.5, 0.6) is 0 Å². The molecular formula is C15H23N3O2. The standard InChI is InChI=1S/C15H23N3O2/c1-11(15(20)18(2)3)17-14(19)13(16)10-9-12-7-5-4-6-8-12/h4-8,11,13H,9-10,16H2,1-3H3,(H,17,19)/t11?,13-/m0/s1. The lowest BCUT2D eigenvalue weighted by Crippen LogP contribution is -2.50. The largest absolute Gasteiger partial charge is 0.347 e. The van der Waals surface area contributed by atoms with E-state index in [1.165, 1.54) is 4.90 Å². The molecule has 0 aliphatic rings. The lowest BCUT2D eigenvalue weighted by molar-refractivity contribution is -0.134. The van der Waals surface area contributed by atoms with Gasteiger partial charge in [0.15, 0.2) is 0 Å². The van der Waals surface area contributed by atoms with E-state index in [2.05, 4.69) is 5.32 Å². The van der Waals surface area contributed by atoms with Gasteiger partial charge >= 0.3 is 0 Å². The Morgan fingerprint density at radius 1 is 1.25 bits per heavy atom. The third kappa shape index (κ3) is 5.01. The summed E-state index contributed by atoms with van der Waals surface area (Å²) in [5.41, 5.74) is 7.00. The average molecular weight is 277 g/mol. The molecule has 5 heteroatoms. The van der Waals surface area contributed by atoms with Crippen LogP contribution in [0.25, 0.3) is 0 Å². The van der Waals surface area contributed by atoms with Crippen molar-refractivity contribution in [3.8, 4) is 0 Å². The zero-order valence-electron chi connectivity index (χ0n) is 12.3. The Bertz CT molecular complexity index is 446. The Hall–Kier alpha value is -1.88. The predicted molar refractivity (Wildman–Crippen MR) is 79.0 cm³/mol. The van der Waals surface area contributed by atoms with E-state index in [1.54, 1.807) is 21.0 Å². The molecule has 0 spiro atoms. The molecule has 1 aromatic carbocycles. The molecule has 0 radical (unpaired) electrons. The molecule has 0 aromatic heterocycles. The summed E-state index contributed by atoms with van der Waals surface area (Å²) in [6.45, 7) is 1.66. The van der Waals surface area contributed by atoms with E-state index >= 15 is 0 Å². The molecule has 0 bridgehead atoms. The highest BCUT2D eigenvalue weighted by Crippen LogP contribution is 2.04. The Morgan fingerprint density at radius 2 is 1.85 bits per heavy atom. The maximum absolute atomic E-state index is 11.9. The number of rotatable bonds is 6. The molecule has 0 aliphatic carbocycles. The van der Waals surface area contributed by atoms with Crippen molar-refractivity contribution < 1.29 is 9.59 Å². The second-order valence-corrected chi connectivity index (χ2v) is 5.09. The first-order valence-corrected chi connectivity index (χ1v) is 6.73. The van der Waals surface area contributed by atoms with Crippen molar-refractivity contribution in [2.75, 3.05) is 14.1 Å². The van der Waals surface area contributed by atoms with E-state index in [0.29, 0.717) is 6.42 Å². The molecule has 1 rings (SSSR count). The molecule has 3 N–H and O–H groups in total. The van der Waals surface area contributed by atoms with Crippen LogP contribution in [-0.4, -0.2) is 42.9 Å². The van der Waals surface area contributed by atoms with Crippen LogP contribution in [0.1, 0.15) is 18.9 Å².